The van der Waals surface area contributed by atoms with Crippen molar-refractivity contribution in [2.45, 2.75) is 18.8 Å². The second kappa shape index (κ2) is 4.97. The fourth-order valence-electron chi connectivity index (χ4n) is 7.23. The third-order valence-electron chi connectivity index (χ3n) is 8.39. The first-order chi connectivity index (χ1) is 16.1. The van der Waals surface area contributed by atoms with E-state index in [1.54, 1.807) is 0 Å². The summed E-state index contributed by atoms with van der Waals surface area (Å²) in [5.74, 6) is -0.175. The number of aryl methyl sites for hydroxylation is 1. The second-order valence-electron chi connectivity index (χ2n) is 9.94. The van der Waals surface area contributed by atoms with E-state index in [0.717, 1.165) is 60.5 Å². The predicted molar refractivity (Wildman–Crippen MR) is 133 cm³/mol. The van der Waals surface area contributed by atoms with Gasteiger partial charge in [-0.2, -0.15) is 0 Å². The molecule has 0 aromatic heterocycles. The van der Waals surface area contributed by atoms with Gasteiger partial charge in [-0.15, -0.1) is 0 Å². The second-order valence-corrected chi connectivity index (χ2v) is 9.94. The van der Waals surface area contributed by atoms with E-state index in [4.69, 9.17) is 0 Å². The van der Waals surface area contributed by atoms with E-state index in [-0.39, 0.29) is 23.4 Å². The van der Waals surface area contributed by atoms with Crippen molar-refractivity contribution in [1.29, 1.82) is 0 Å². The Kier molecular flexibility index (Phi) is 2.49. The summed E-state index contributed by atoms with van der Waals surface area (Å²) in [6.07, 6.45) is 8.37. The molecule has 2 unspecified atom stereocenters. The Balaban J connectivity index is 1.78. The molecule has 0 aliphatic heterocycles. The van der Waals surface area contributed by atoms with Crippen molar-refractivity contribution in [3.05, 3.63) is 93.6 Å². The van der Waals surface area contributed by atoms with E-state index >= 15 is 0 Å². The molecule has 0 spiro atoms. The molecule has 152 valence electrons. The van der Waals surface area contributed by atoms with Crippen LogP contribution in [0.25, 0.3) is 55.2 Å². The molecule has 0 heterocycles. The van der Waals surface area contributed by atoms with Crippen molar-refractivity contribution >= 4 is 66.8 Å². The van der Waals surface area contributed by atoms with Gasteiger partial charge in [0.2, 0.25) is 0 Å². The van der Waals surface area contributed by atoms with Crippen LogP contribution in [0.1, 0.15) is 60.4 Å². The third-order valence-corrected chi connectivity index (χ3v) is 8.39. The standard InChI is InChI=1S/C31H16O2/c1-13-11-20-16-3-2-4-17-24(16)28-26-18(30(17)32)9-7-14-5-6-15-8-10-19-27(23(15)22(14)26)29(28)25(20)21(12-13)31(19)33/h2-12,18-19H,1H3. The largest absolute Gasteiger partial charge is 0.293 e. The van der Waals surface area contributed by atoms with Gasteiger partial charge in [-0.3, -0.25) is 9.59 Å². The summed E-state index contributed by atoms with van der Waals surface area (Å²) in [4.78, 5) is 27.7. The van der Waals surface area contributed by atoms with Gasteiger partial charge in [0.25, 0.3) is 0 Å². The van der Waals surface area contributed by atoms with E-state index in [1.807, 2.05) is 12.1 Å². The Bertz CT molecular complexity index is 1970. The number of carbonyl (C=O) groups excluding carboxylic acids is 2. The zero-order valence-electron chi connectivity index (χ0n) is 17.8. The maximum absolute atomic E-state index is 13.9. The molecule has 0 radical (unpaired) electrons. The average Bonchev–Trinajstić information content (AvgIpc) is 2.84. The number of rotatable bonds is 0. The Morgan fingerprint density at radius 2 is 1.21 bits per heavy atom. The molecule has 2 atom stereocenters. The van der Waals surface area contributed by atoms with Gasteiger partial charge in [-0.05, 0) is 73.1 Å². The number of ketones is 2. The highest BCUT2D eigenvalue weighted by atomic mass is 16.1. The highest BCUT2D eigenvalue weighted by molar-refractivity contribution is 6.41. The van der Waals surface area contributed by atoms with E-state index in [1.165, 1.54) is 21.5 Å². The molecule has 5 aromatic rings. The summed E-state index contributed by atoms with van der Waals surface area (Å²) < 4.78 is 0. The van der Waals surface area contributed by atoms with Gasteiger partial charge >= 0.3 is 0 Å². The minimum Gasteiger partial charge on any atom is -0.293 e. The highest BCUT2D eigenvalue weighted by Crippen LogP contribution is 2.57. The van der Waals surface area contributed by atoms with Gasteiger partial charge in [0.15, 0.2) is 11.6 Å². The zero-order chi connectivity index (χ0) is 21.7. The summed E-state index contributed by atoms with van der Waals surface area (Å²) in [6, 6.07) is 14.7. The summed E-state index contributed by atoms with van der Waals surface area (Å²) in [5.41, 5.74) is 7.30. The molecule has 4 aliphatic carbocycles. The lowest BCUT2D eigenvalue weighted by Crippen LogP contribution is -2.24. The monoisotopic (exact) mass is 420 g/mol. The van der Waals surface area contributed by atoms with Crippen LogP contribution in [-0.2, 0) is 0 Å². The van der Waals surface area contributed by atoms with Crippen LogP contribution < -0.4 is 0 Å². The Labute approximate surface area is 188 Å². The molecule has 2 nitrogen and oxygen atoms in total. The third kappa shape index (κ3) is 1.59. The quantitative estimate of drug-likeness (QED) is 0.196. The molecule has 0 bridgehead atoms. The lowest BCUT2D eigenvalue weighted by Gasteiger charge is -2.35. The smallest absolute Gasteiger partial charge is 0.174 e. The number of hydrogen-bond donors (Lipinski definition) is 0. The van der Waals surface area contributed by atoms with Crippen LogP contribution in [0.3, 0.4) is 0 Å². The number of Topliss-reactive ketones (excluding diaryl/α,β-unsaturated/α-hetero) is 2. The molecule has 0 amide bonds. The molecule has 2 heteroatoms. The van der Waals surface area contributed by atoms with Crippen LogP contribution in [0.15, 0.2) is 54.6 Å². The van der Waals surface area contributed by atoms with Crippen molar-refractivity contribution in [2.24, 2.45) is 0 Å². The lowest BCUT2D eigenvalue weighted by atomic mass is 9.66. The highest BCUT2D eigenvalue weighted by Gasteiger charge is 2.41. The number of benzene rings is 5. The molecular formula is C31H16O2. The number of carbonyl (C=O) groups is 2. The molecule has 5 aromatic carbocycles. The van der Waals surface area contributed by atoms with Crippen LogP contribution >= 0.6 is 0 Å². The first kappa shape index (κ1) is 16.6. The fourth-order valence-corrected chi connectivity index (χ4v) is 7.23. The summed E-state index contributed by atoms with van der Waals surface area (Å²) in [7, 11) is 0. The maximum atomic E-state index is 13.9. The summed E-state index contributed by atoms with van der Waals surface area (Å²) in [6.45, 7) is 2.06. The van der Waals surface area contributed by atoms with Crippen LogP contribution in [0.2, 0.25) is 0 Å². The fraction of sp³-hybridized carbons (Fsp3) is 0.0968. The number of fused-ring (bicyclic) bond motifs is 1. The van der Waals surface area contributed by atoms with E-state index < -0.39 is 0 Å². The van der Waals surface area contributed by atoms with Crippen molar-refractivity contribution in [1.82, 2.24) is 0 Å². The van der Waals surface area contributed by atoms with Gasteiger partial charge in [-0.1, -0.05) is 60.7 Å². The Hall–Kier alpha value is -4.04. The molecule has 0 saturated heterocycles. The Morgan fingerprint density at radius 1 is 0.606 bits per heavy atom. The molecule has 0 N–H and O–H groups in total. The van der Waals surface area contributed by atoms with Crippen molar-refractivity contribution in [3.8, 4) is 0 Å². The SMILES string of the molecule is Cc1cc2c3c(c1)c1cccc4c1c1c5c6c(ccc7c6c(c31)C(C=C7)C2=O)C=CC5C4=O. The van der Waals surface area contributed by atoms with Gasteiger partial charge in [0, 0.05) is 21.9 Å². The van der Waals surface area contributed by atoms with Gasteiger partial charge in [0.05, 0.1) is 11.8 Å². The molecule has 4 aliphatic rings. The normalized spacial score (nSPS) is 20.8. The van der Waals surface area contributed by atoms with Gasteiger partial charge in [0.1, 0.15) is 0 Å². The molecule has 9 rings (SSSR count). The van der Waals surface area contributed by atoms with E-state index in [9.17, 15) is 9.59 Å². The summed E-state index contributed by atoms with van der Waals surface area (Å²) in [5, 5.41) is 9.05. The van der Waals surface area contributed by atoms with E-state index in [0.29, 0.717) is 0 Å². The molecule has 33 heavy (non-hydrogen) atoms. The van der Waals surface area contributed by atoms with Gasteiger partial charge in [-0.25, -0.2) is 0 Å². The van der Waals surface area contributed by atoms with E-state index in [2.05, 4.69) is 61.6 Å². The number of allylic oxidation sites excluding steroid dienone is 2. The lowest BCUT2D eigenvalue weighted by molar-refractivity contribution is 0.0969. The maximum Gasteiger partial charge on any atom is 0.174 e. The first-order valence-corrected chi connectivity index (χ1v) is 11.5. The average molecular weight is 420 g/mol. The van der Waals surface area contributed by atoms with Crippen molar-refractivity contribution in [2.75, 3.05) is 0 Å². The summed E-state index contributed by atoms with van der Waals surface area (Å²) >= 11 is 0. The zero-order valence-corrected chi connectivity index (χ0v) is 17.8. The van der Waals surface area contributed by atoms with Crippen LogP contribution in [0.5, 0.6) is 0 Å². The Morgan fingerprint density at radius 3 is 1.88 bits per heavy atom. The molecular weight excluding hydrogens is 404 g/mol. The van der Waals surface area contributed by atoms with Crippen molar-refractivity contribution < 1.29 is 9.59 Å². The molecule has 0 fully saturated rings. The van der Waals surface area contributed by atoms with Crippen LogP contribution in [0.4, 0.5) is 0 Å². The topological polar surface area (TPSA) is 34.1 Å². The first-order valence-electron chi connectivity index (χ1n) is 11.5. The molecule has 0 saturated carbocycles. The van der Waals surface area contributed by atoms with Gasteiger partial charge < -0.3 is 0 Å². The minimum atomic E-state index is -0.272. The number of hydrogen-bond acceptors (Lipinski definition) is 2. The minimum absolute atomic E-state index is 0.181. The van der Waals surface area contributed by atoms with Crippen molar-refractivity contribution in [3.63, 3.8) is 0 Å². The van der Waals surface area contributed by atoms with Crippen LogP contribution in [0, 0.1) is 6.92 Å². The predicted octanol–water partition coefficient (Wildman–Crippen LogP) is 7.22. The van der Waals surface area contributed by atoms with Crippen LogP contribution in [-0.4, -0.2) is 11.6 Å².